The van der Waals surface area contributed by atoms with Crippen LogP contribution in [0, 0.1) is 0 Å². The third-order valence-electron chi connectivity index (χ3n) is 3.33. The van der Waals surface area contributed by atoms with Gasteiger partial charge in [-0.15, -0.1) is 0 Å². The Labute approximate surface area is 119 Å². The molecule has 1 heterocycles. The summed E-state index contributed by atoms with van der Waals surface area (Å²) < 4.78 is 10.6. The van der Waals surface area contributed by atoms with Crippen LogP contribution in [0.1, 0.15) is 38.3 Å². The van der Waals surface area contributed by atoms with Gasteiger partial charge in [0.25, 0.3) is 0 Å². The van der Waals surface area contributed by atoms with Crippen molar-refractivity contribution in [1.82, 2.24) is 4.90 Å². The van der Waals surface area contributed by atoms with E-state index in [2.05, 4.69) is 13.8 Å². The Morgan fingerprint density at radius 3 is 2.50 bits per heavy atom. The first-order valence-electron chi connectivity index (χ1n) is 7.03. The molecule has 1 N–H and O–H groups in total. The highest BCUT2D eigenvalue weighted by atomic mass is 16.7. The summed E-state index contributed by atoms with van der Waals surface area (Å²) in [6.45, 7) is 5.84. The summed E-state index contributed by atoms with van der Waals surface area (Å²) >= 11 is 0. The molecule has 0 radical (unpaired) electrons. The molecule has 1 aliphatic rings. The summed E-state index contributed by atoms with van der Waals surface area (Å²) in [4.78, 5) is 13.7. The Morgan fingerprint density at radius 1 is 1.25 bits per heavy atom. The van der Waals surface area contributed by atoms with Crippen LogP contribution in [0.5, 0.6) is 11.5 Å². The summed E-state index contributed by atoms with van der Waals surface area (Å²) in [6.07, 6.45) is 1.85. The lowest BCUT2D eigenvalue weighted by molar-refractivity contribution is -0.143. The van der Waals surface area contributed by atoms with E-state index < -0.39 is 12.0 Å². The third kappa shape index (κ3) is 3.04. The molecule has 110 valence electrons. The van der Waals surface area contributed by atoms with E-state index in [1.54, 1.807) is 12.1 Å². The molecular formula is C15H21NO4. The first-order valence-corrected chi connectivity index (χ1v) is 7.03. The van der Waals surface area contributed by atoms with Crippen LogP contribution in [-0.4, -0.2) is 35.9 Å². The van der Waals surface area contributed by atoms with Crippen LogP contribution >= 0.6 is 0 Å². The van der Waals surface area contributed by atoms with Gasteiger partial charge in [-0.25, -0.2) is 0 Å². The minimum atomic E-state index is -0.828. The maximum absolute atomic E-state index is 11.7. The molecule has 0 spiro atoms. The zero-order valence-electron chi connectivity index (χ0n) is 12.0. The molecule has 0 aliphatic carbocycles. The van der Waals surface area contributed by atoms with Crippen LogP contribution in [0.15, 0.2) is 18.2 Å². The number of nitrogens with zero attached hydrogens (tertiary/aromatic N) is 1. The van der Waals surface area contributed by atoms with Gasteiger partial charge >= 0.3 is 5.97 Å². The summed E-state index contributed by atoms with van der Waals surface area (Å²) in [5.41, 5.74) is 0.739. The molecule has 1 aromatic rings. The summed E-state index contributed by atoms with van der Waals surface area (Å²) in [5.74, 6) is 0.475. The molecule has 5 nitrogen and oxygen atoms in total. The molecule has 20 heavy (non-hydrogen) atoms. The minimum absolute atomic E-state index is 0.199. The maximum Gasteiger partial charge on any atom is 0.325 e. The first-order chi connectivity index (χ1) is 9.67. The summed E-state index contributed by atoms with van der Waals surface area (Å²) in [6, 6.07) is 4.73. The van der Waals surface area contributed by atoms with Gasteiger partial charge in [0.15, 0.2) is 11.5 Å². The normalized spacial score (nSPS) is 14.6. The lowest BCUT2D eigenvalue weighted by atomic mass is 10.0. The smallest absolute Gasteiger partial charge is 0.325 e. The van der Waals surface area contributed by atoms with E-state index in [0.29, 0.717) is 11.5 Å². The number of carboxylic acid groups (broad SMARTS) is 1. The van der Waals surface area contributed by atoms with Gasteiger partial charge < -0.3 is 14.6 Å². The second kappa shape index (κ2) is 6.61. The number of rotatable bonds is 7. The molecule has 0 aromatic heterocycles. The maximum atomic E-state index is 11.7. The van der Waals surface area contributed by atoms with E-state index in [1.807, 2.05) is 11.0 Å². The van der Waals surface area contributed by atoms with Gasteiger partial charge in [-0.2, -0.15) is 0 Å². The largest absolute Gasteiger partial charge is 0.480 e. The van der Waals surface area contributed by atoms with Crippen LogP contribution in [0.4, 0.5) is 0 Å². The van der Waals surface area contributed by atoms with Crippen molar-refractivity contribution in [2.45, 2.75) is 32.7 Å². The van der Waals surface area contributed by atoms with E-state index >= 15 is 0 Å². The van der Waals surface area contributed by atoms with Crippen molar-refractivity contribution in [3.05, 3.63) is 23.8 Å². The summed E-state index contributed by atoms with van der Waals surface area (Å²) in [5, 5.41) is 9.59. The molecule has 1 atom stereocenters. The summed E-state index contributed by atoms with van der Waals surface area (Å²) in [7, 11) is 0. The van der Waals surface area contributed by atoms with Crippen LogP contribution in [-0.2, 0) is 4.79 Å². The number of ether oxygens (including phenoxy) is 2. The zero-order valence-corrected chi connectivity index (χ0v) is 12.0. The molecule has 5 heteroatoms. The molecule has 0 bridgehead atoms. The zero-order chi connectivity index (χ0) is 14.5. The third-order valence-corrected chi connectivity index (χ3v) is 3.33. The second-order valence-electron chi connectivity index (χ2n) is 4.89. The number of aliphatic carboxylic acids is 1. The highest BCUT2D eigenvalue weighted by molar-refractivity contribution is 5.76. The van der Waals surface area contributed by atoms with Crippen LogP contribution in [0.3, 0.4) is 0 Å². The fourth-order valence-electron chi connectivity index (χ4n) is 2.54. The molecule has 1 aliphatic heterocycles. The van der Waals surface area contributed by atoms with Crippen molar-refractivity contribution in [2.24, 2.45) is 0 Å². The van der Waals surface area contributed by atoms with Crippen molar-refractivity contribution >= 4 is 5.97 Å². The van der Waals surface area contributed by atoms with Crippen molar-refractivity contribution in [1.29, 1.82) is 0 Å². The first kappa shape index (κ1) is 14.7. The van der Waals surface area contributed by atoms with Gasteiger partial charge in [-0.3, -0.25) is 9.69 Å². The predicted octanol–water partition coefficient (Wildman–Crippen LogP) is 2.66. The van der Waals surface area contributed by atoms with Gasteiger partial charge in [0, 0.05) is 0 Å². The SMILES string of the molecule is CCCN(CCC)C(C(=O)O)c1ccc2c(c1)OCO2. The van der Waals surface area contributed by atoms with Crippen molar-refractivity contribution in [2.75, 3.05) is 19.9 Å². The number of carboxylic acids is 1. The Morgan fingerprint density at radius 2 is 1.90 bits per heavy atom. The fraction of sp³-hybridized carbons (Fsp3) is 0.533. The van der Waals surface area contributed by atoms with Crippen molar-refractivity contribution in [3.8, 4) is 11.5 Å². The molecule has 0 amide bonds. The Kier molecular flexibility index (Phi) is 4.84. The number of fused-ring (bicyclic) bond motifs is 1. The minimum Gasteiger partial charge on any atom is -0.480 e. The standard InChI is InChI=1S/C15H21NO4/c1-3-7-16(8-4-2)14(15(17)18)11-5-6-12-13(9-11)20-10-19-12/h5-6,9,14H,3-4,7-8,10H2,1-2H3,(H,17,18). The second-order valence-corrected chi connectivity index (χ2v) is 4.89. The van der Waals surface area contributed by atoms with Crippen molar-refractivity contribution < 1.29 is 19.4 Å². The lowest BCUT2D eigenvalue weighted by Gasteiger charge is -2.28. The lowest BCUT2D eigenvalue weighted by Crippen LogP contribution is -2.35. The molecule has 2 rings (SSSR count). The van der Waals surface area contributed by atoms with Crippen molar-refractivity contribution in [3.63, 3.8) is 0 Å². The molecule has 1 unspecified atom stereocenters. The Bertz CT molecular complexity index is 469. The van der Waals surface area contributed by atoms with E-state index in [1.165, 1.54) is 0 Å². The van der Waals surface area contributed by atoms with Crippen LogP contribution in [0.2, 0.25) is 0 Å². The monoisotopic (exact) mass is 279 g/mol. The van der Waals surface area contributed by atoms with E-state index in [9.17, 15) is 9.90 Å². The van der Waals surface area contributed by atoms with Gasteiger partial charge in [-0.05, 0) is 43.6 Å². The molecule has 0 saturated heterocycles. The quantitative estimate of drug-likeness (QED) is 0.831. The number of carbonyl (C=O) groups is 1. The molecule has 1 aromatic carbocycles. The van der Waals surface area contributed by atoms with Crippen LogP contribution in [0.25, 0.3) is 0 Å². The van der Waals surface area contributed by atoms with E-state index in [4.69, 9.17) is 9.47 Å². The van der Waals surface area contributed by atoms with Gasteiger partial charge in [0.05, 0.1) is 0 Å². The Balaban J connectivity index is 2.29. The number of hydrogen-bond acceptors (Lipinski definition) is 4. The Hall–Kier alpha value is -1.75. The van der Waals surface area contributed by atoms with Crippen LogP contribution < -0.4 is 9.47 Å². The predicted molar refractivity (Wildman–Crippen MR) is 75.1 cm³/mol. The van der Waals surface area contributed by atoms with Gasteiger partial charge in [0.2, 0.25) is 6.79 Å². The number of hydrogen-bond donors (Lipinski definition) is 1. The molecular weight excluding hydrogens is 258 g/mol. The molecule has 0 saturated carbocycles. The topological polar surface area (TPSA) is 59.0 Å². The van der Waals surface area contributed by atoms with Gasteiger partial charge in [-0.1, -0.05) is 19.9 Å². The number of benzene rings is 1. The average molecular weight is 279 g/mol. The van der Waals surface area contributed by atoms with E-state index in [-0.39, 0.29) is 6.79 Å². The highest BCUT2D eigenvalue weighted by Gasteiger charge is 2.28. The average Bonchev–Trinajstić information content (AvgIpc) is 2.86. The van der Waals surface area contributed by atoms with E-state index in [0.717, 1.165) is 31.5 Å². The highest BCUT2D eigenvalue weighted by Crippen LogP contribution is 2.35. The fourth-order valence-corrected chi connectivity index (χ4v) is 2.54. The van der Waals surface area contributed by atoms with Gasteiger partial charge in [0.1, 0.15) is 6.04 Å². The molecule has 0 fully saturated rings.